The Morgan fingerprint density at radius 1 is 1.19 bits per heavy atom. The number of carbonyl (C=O) groups is 1. The van der Waals surface area contributed by atoms with Crippen molar-refractivity contribution in [3.63, 3.8) is 0 Å². The summed E-state index contributed by atoms with van der Waals surface area (Å²) < 4.78 is 0. The van der Waals surface area contributed by atoms with E-state index in [0.717, 1.165) is 24.1 Å². The van der Waals surface area contributed by atoms with E-state index in [2.05, 4.69) is 9.97 Å². The van der Waals surface area contributed by atoms with E-state index >= 15 is 0 Å². The SMILES string of the molecule is CCCCC(C)(C(=O)O)c1cnc(-c2ccccc2)cn1. The van der Waals surface area contributed by atoms with Gasteiger partial charge in [-0.05, 0) is 13.3 Å². The molecule has 0 saturated carbocycles. The molecule has 2 rings (SSSR count). The summed E-state index contributed by atoms with van der Waals surface area (Å²) in [6.07, 6.45) is 5.62. The van der Waals surface area contributed by atoms with Gasteiger partial charge in [-0.3, -0.25) is 14.8 Å². The second kappa shape index (κ2) is 6.48. The third-order valence-electron chi connectivity index (χ3n) is 3.79. The van der Waals surface area contributed by atoms with Gasteiger partial charge in [-0.2, -0.15) is 0 Å². The summed E-state index contributed by atoms with van der Waals surface area (Å²) in [5.41, 5.74) is 1.27. The number of unbranched alkanes of at least 4 members (excludes halogenated alkanes) is 1. The van der Waals surface area contributed by atoms with Crippen LogP contribution in [0.4, 0.5) is 0 Å². The van der Waals surface area contributed by atoms with Gasteiger partial charge in [0.05, 0.1) is 23.8 Å². The fourth-order valence-corrected chi connectivity index (χ4v) is 2.25. The summed E-state index contributed by atoms with van der Waals surface area (Å²) in [5, 5.41) is 9.53. The van der Waals surface area contributed by atoms with Crippen LogP contribution in [0.1, 0.15) is 38.8 Å². The van der Waals surface area contributed by atoms with Gasteiger partial charge >= 0.3 is 5.97 Å². The normalized spacial score (nSPS) is 13.6. The lowest BCUT2D eigenvalue weighted by atomic mass is 9.82. The molecule has 1 aromatic carbocycles. The van der Waals surface area contributed by atoms with Crippen LogP contribution >= 0.6 is 0 Å². The molecule has 1 heterocycles. The van der Waals surface area contributed by atoms with E-state index < -0.39 is 11.4 Å². The predicted octanol–water partition coefficient (Wildman–Crippen LogP) is 3.68. The lowest BCUT2D eigenvalue weighted by Crippen LogP contribution is -2.33. The maximum Gasteiger partial charge on any atom is 0.315 e. The maximum atomic E-state index is 11.6. The van der Waals surface area contributed by atoms with Gasteiger partial charge in [-0.15, -0.1) is 0 Å². The van der Waals surface area contributed by atoms with Crippen molar-refractivity contribution < 1.29 is 9.90 Å². The van der Waals surface area contributed by atoms with Gasteiger partial charge in [-0.1, -0.05) is 50.1 Å². The first kappa shape index (κ1) is 15.2. The van der Waals surface area contributed by atoms with Gasteiger partial charge in [0.25, 0.3) is 0 Å². The largest absolute Gasteiger partial charge is 0.481 e. The third-order valence-corrected chi connectivity index (χ3v) is 3.79. The van der Waals surface area contributed by atoms with Crippen molar-refractivity contribution in [3.8, 4) is 11.3 Å². The van der Waals surface area contributed by atoms with Crippen LogP contribution in [0, 0.1) is 0 Å². The number of carboxylic acid groups (broad SMARTS) is 1. The molecule has 1 unspecified atom stereocenters. The van der Waals surface area contributed by atoms with Crippen molar-refractivity contribution >= 4 is 5.97 Å². The van der Waals surface area contributed by atoms with Crippen LogP contribution in [-0.2, 0) is 10.2 Å². The van der Waals surface area contributed by atoms with Crippen LogP contribution in [0.2, 0.25) is 0 Å². The highest BCUT2D eigenvalue weighted by molar-refractivity contribution is 5.80. The minimum atomic E-state index is -0.974. The molecule has 0 spiro atoms. The number of hydrogen-bond donors (Lipinski definition) is 1. The minimum absolute atomic E-state index is 0.517. The van der Waals surface area contributed by atoms with Crippen LogP contribution in [0.5, 0.6) is 0 Å². The average molecular weight is 284 g/mol. The second-order valence-electron chi connectivity index (χ2n) is 5.39. The minimum Gasteiger partial charge on any atom is -0.481 e. The highest BCUT2D eigenvalue weighted by atomic mass is 16.4. The van der Waals surface area contributed by atoms with E-state index in [9.17, 15) is 9.90 Å². The molecule has 4 nitrogen and oxygen atoms in total. The average Bonchev–Trinajstić information content (AvgIpc) is 2.53. The zero-order chi connectivity index (χ0) is 15.3. The van der Waals surface area contributed by atoms with Gasteiger partial charge in [0.2, 0.25) is 0 Å². The van der Waals surface area contributed by atoms with Gasteiger partial charge < -0.3 is 5.11 Å². The number of rotatable bonds is 6. The lowest BCUT2D eigenvalue weighted by Gasteiger charge is -2.23. The summed E-state index contributed by atoms with van der Waals surface area (Å²) in [6.45, 7) is 3.77. The second-order valence-corrected chi connectivity index (χ2v) is 5.39. The molecule has 0 bridgehead atoms. The molecule has 0 aliphatic rings. The van der Waals surface area contributed by atoms with Gasteiger partial charge in [0, 0.05) is 5.56 Å². The van der Waals surface area contributed by atoms with Crippen LogP contribution in [0.3, 0.4) is 0 Å². The molecule has 0 aliphatic carbocycles. The summed E-state index contributed by atoms with van der Waals surface area (Å²) >= 11 is 0. The fourth-order valence-electron chi connectivity index (χ4n) is 2.25. The van der Waals surface area contributed by atoms with Crippen molar-refractivity contribution in [2.75, 3.05) is 0 Å². The molecule has 2 aromatic rings. The molecular weight excluding hydrogens is 264 g/mol. The third kappa shape index (κ3) is 3.27. The van der Waals surface area contributed by atoms with E-state index in [1.165, 1.54) is 0 Å². The summed E-state index contributed by atoms with van der Waals surface area (Å²) in [4.78, 5) is 20.4. The van der Waals surface area contributed by atoms with E-state index in [-0.39, 0.29) is 0 Å². The van der Waals surface area contributed by atoms with Crippen LogP contribution in [0.25, 0.3) is 11.3 Å². The van der Waals surface area contributed by atoms with E-state index in [0.29, 0.717) is 12.1 Å². The Bertz CT molecular complexity index is 596. The molecule has 0 aliphatic heterocycles. The maximum absolute atomic E-state index is 11.6. The molecule has 0 fully saturated rings. The zero-order valence-electron chi connectivity index (χ0n) is 12.4. The van der Waals surface area contributed by atoms with Crippen LogP contribution in [0.15, 0.2) is 42.7 Å². The Kier molecular flexibility index (Phi) is 4.68. The van der Waals surface area contributed by atoms with Crippen molar-refractivity contribution in [3.05, 3.63) is 48.4 Å². The summed E-state index contributed by atoms with van der Waals surface area (Å²) in [6, 6.07) is 9.73. The topological polar surface area (TPSA) is 63.1 Å². The molecule has 0 amide bonds. The fraction of sp³-hybridized carbons (Fsp3) is 0.353. The van der Waals surface area contributed by atoms with Crippen molar-refractivity contribution in [2.45, 2.75) is 38.5 Å². The van der Waals surface area contributed by atoms with E-state index in [1.54, 1.807) is 19.3 Å². The smallest absolute Gasteiger partial charge is 0.315 e. The van der Waals surface area contributed by atoms with E-state index in [4.69, 9.17) is 0 Å². The molecule has 110 valence electrons. The molecular formula is C17H20N2O2. The number of aromatic nitrogens is 2. The highest BCUT2D eigenvalue weighted by Gasteiger charge is 2.36. The van der Waals surface area contributed by atoms with E-state index in [1.807, 2.05) is 37.3 Å². The summed E-state index contributed by atoms with van der Waals surface area (Å²) in [7, 11) is 0. The monoisotopic (exact) mass is 284 g/mol. The number of hydrogen-bond acceptors (Lipinski definition) is 3. The quantitative estimate of drug-likeness (QED) is 0.879. The number of nitrogens with zero attached hydrogens (tertiary/aromatic N) is 2. The van der Waals surface area contributed by atoms with Gasteiger partial charge in [0.1, 0.15) is 5.41 Å². The first-order valence-corrected chi connectivity index (χ1v) is 7.19. The molecule has 1 aromatic heterocycles. The Morgan fingerprint density at radius 3 is 2.43 bits per heavy atom. The summed E-state index contributed by atoms with van der Waals surface area (Å²) in [5.74, 6) is -0.849. The highest BCUT2D eigenvalue weighted by Crippen LogP contribution is 2.29. The number of carboxylic acids is 1. The zero-order valence-corrected chi connectivity index (χ0v) is 12.4. The number of aliphatic carboxylic acids is 1. The Morgan fingerprint density at radius 2 is 1.90 bits per heavy atom. The first-order chi connectivity index (χ1) is 10.1. The van der Waals surface area contributed by atoms with Crippen molar-refractivity contribution in [1.29, 1.82) is 0 Å². The molecule has 1 N–H and O–H groups in total. The standard InChI is InChI=1S/C17H20N2O2/c1-3-4-10-17(2,16(20)21)15-12-18-14(11-19-15)13-8-6-5-7-9-13/h5-9,11-12H,3-4,10H2,1-2H3,(H,20,21). The van der Waals surface area contributed by atoms with Crippen LogP contribution < -0.4 is 0 Å². The first-order valence-electron chi connectivity index (χ1n) is 7.19. The van der Waals surface area contributed by atoms with Crippen molar-refractivity contribution in [1.82, 2.24) is 9.97 Å². The molecule has 4 heteroatoms. The van der Waals surface area contributed by atoms with Gasteiger partial charge in [-0.25, -0.2) is 0 Å². The van der Waals surface area contributed by atoms with Crippen molar-refractivity contribution in [2.24, 2.45) is 0 Å². The Labute approximate surface area is 124 Å². The van der Waals surface area contributed by atoms with Crippen LogP contribution in [-0.4, -0.2) is 21.0 Å². The predicted molar refractivity (Wildman–Crippen MR) is 82.0 cm³/mol. The Balaban J connectivity index is 2.30. The molecule has 1 atom stereocenters. The number of benzene rings is 1. The van der Waals surface area contributed by atoms with Gasteiger partial charge in [0.15, 0.2) is 0 Å². The lowest BCUT2D eigenvalue weighted by molar-refractivity contribution is -0.143. The molecule has 21 heavy (non-hydrogen) atoms. The Hall–Kier alpha value is -2.23. The molecule has 0 saturated heterocycles. The molecule has 0 radical (unpaired) electrons.